The smallest absolute Gasteiger partial charge is 0.242 e. The summed E-state index contributed by atoms with van der Waals surface area (Å²) in [7, 11) is 3.74. The Morgan fingerprint density at radius 2 is 2.00 bits per heavy atom. The van der Waals surface area contributed by atoms with Gasteiger partial charge < -0.3 is 9.88 Å². The molecular formula is C13H15N7S. The van der Waals surface area contributed by atoms with Gasteiger partial charge in [-0.1, -0.05) is 18.2 Å². The summed E-state index contributed by atoms with van der Waals surface area (Å²) in [4.78, 5) is 18.0. The molecule has 0 bridgehead atoms. The van der Waals surface area contributed by atoms with E-state index in [9.17, 15) is 0 Å². The van der Waals surface area contributed by atoms with Gasteiger partial charge in [-0.05, 0) is 23.9 Å². The number of benzene rings is 1. The summed E-state index contributed by atoms with van der Waals surface area (Å²) < 4.78 is 0. The Morgan fingerprint density at radius 3 is 2.71 bits per heavy atom. The lowest BCUT2D eigenvalue weighted by atomic mass is 10.3. The molecule has 0 aliphatic rings. The van der Waals surface area contributed by atoms with E-state index in [-0.39, 0.29) is 0 Å². The molecule has 0 aliphatic carbocycles. The molecule has 2 aromatic heterocycles. The first-order valence-corrected chi connectivity index (χ1v) is 7.13. The lowest BCUT2D eigenvalue weighted by molar-refractivity contribution is 0.864. The molecular weight excluding hydrogens is 286 g/mol. The van der Waals surface area contributed by atoms with Gasteiger partial charge in [0.15, 0.2) is 0 Å². The Morgan fingerprint density at radius 1 is 1.19 bits per heavy atom. The van der Waals surface area contributed by atoms with Crippen LogP contribution in [0.4, 0.5) is 11.9 Å². The first kappa shape index (κ1) is 13.7. The molecule has 3 aromatic rings. The molecule has 4 N–H and O–H groups in total. The van der Waals surface area contributed by atoms with Crippen LogP contribution in [0.15, 0.2) is 40.5 Å². The van der Waals surface area contributed by atoms with Crippen LogP contribution in [0.1, 0.15) is 0 Å². The molecule has 8 heteroatoms. The second-order valence-corrected chi connectivity index (χ2v) is 5.61. The largest absolute Gasteiger partial charge is 0.349 e. The Balaban J connectivity index is 1.94. The highest BCUT2D eigenvalue weighted by Crippen LogP contribution is 2.28. The third-order valence-corrected chi connectivity index (χ3v) is 3.64. The van der Waals surface area contributed by atoms with Crippen LogP contribution in [0.2, 0.25) is 0 Å². The molecule has 0 aliphatic heterocycles. The minimum absolute atomic E-state index is 0.340. The van der Waals surface area contributed by atoms with Gasteiger partial charge in [-0.15, -0.1) is 0 Å². The first-order chi connectivity index (χ1) is 10.2. The van der Waals surface area contributed by atoms with Crippen LogP contribution >= 0.6 is 11.8 Å². The van der Waals surface area contributed by atoms with E-state index < -0.39 is 0 Å². The van der Waals surface area contributed by atoms with Gasteiger partial charge in [0.25, 0.3) is 0 Å². The Kier molecular flexibility index (Phi) is 3.63. The number of H-pyrrole nitrogens is 1. The number of nitrogens with one attached hydrogen (secondary N) is 2. The average Bonchev–Trinajstić information content (AvgIpc) is 2.88. The topological polar surface area (TPSA) is 95.8 Å². The minimum Gasteiger partial charge on any atom is -0.349 e. The first-order valence-electron chi connectivity index (χ1n) is 6.31. The molecule has 0 fully saturated rings. The number of rotatable bonds is 4. The monoisotopic (exact) mass is 301 g/mol. The van der Waals surface area contributed by atoms with Gasteiger partial charge in [-0.3, -0.25) is 5.43 Å². The molecule has 0 saturated carbocycles. The van der Waals surface area contributed by atoms with Crippen LogP contribution in [0, 0.1) is 0 Å². The van der Waals surface area contributed by atoms with Crippen molar-refractivity contribution in [2.45, 2.75) is 10.2 Å². The summed E-state index contributed by atoms with van der Waals surface area (Å²) in [6.07, 6.45) is 0. The van der Waals surface area contributed by atoms with Gasteiger partial charge in [0.1, 0.15) is 0 Å². The molecule has 0 amide bonds. The number of fused-ring (bicyclic) bond motifs is 1. The van der Waals surface area contributed by atoms with Crippen molar-refractivity contribution in [3.8, 4) is 0 Å². The van der Waals surface area contributed by atoms with Gasteiger partial charge in [-0.25, -0.2) is 5.84 Å². The molecule has 108 valence electrons. The zero-order chi connectivity index (χ0) is 14.8. The predicted molar refractivity (Wildman–Crippen MR) is 84.4 cm³/mol. The summed E-state index contributed by atoms with van der Waals surface area (Å²) in [6, 6.07) is 10.2. The number of aromatic nitrogens is 4. The van der Waals surface area contributed by atoms with Crippen LogP contribution in [-0.4, -0.2) is 34.0 Å². The maximum Gasteiger partial charge on any atom is 0.242 e. The van der Waals surface area contributed by atoms with Gasteiger partial charge in [0.2, 0.25) is 17.1 Å². The second kappa shape index (κ2) is 5.58. The molecule has 0 radical (unpaired) electrons. The summed E-state index contributed by atoms with van der Waals surface area (Å²) in [5, 5.41) is 2.70. The lowest BCUT2D eigenvalue weighted by Crippen LogP contribution is -2.17. The van der Waals surface area contributed by atoms with Crippen molar-refractivity contribution in [2.24, 2.45) is 5.84 Å². The van der Waals surface area contributed by atoms with E-state index in [1.165, 1.54) is 11.8 Å². The third-order valence-electron chi connectivity index (χ3n) is 2.84. The van der Waals surface area contributed by atoms with Crippen molar-refractivity contribution >= 4 is 34.6 Å². The Hall–Kier alpha value is -2.32. The highest BCUT2D eigenvalue weighted by atomic mass is 32.2. The maximum atomic E-state index is 5.40. The Labute approximate surface area is 126 Å². The number of aromatic amines is 1. The summed E-state index contributed by atoms with van der Waals surface area (Å²) in [6.45, 7) is 0. The van der Waals surface area contributed by atoms with E-state index in [2.05, 4.69) is 37.5 Å². The average molecular weight is 301 g/mol. The number of hydrogen-bond acceptors (Lipinski definition) is 7. The van der Waals surface area contributed by atoms with Crippen LogP contribution in [-0.2, 0) is 0 Å². The molecule has 7 nitrogen and oxygen atoms in total. The summed E-state index contributed by atoms with van der Waals surface area (Å²) >= 11 is 1.43. The normalized spacial score (nSPS) is 10.8. The number of nitrogens with two attached hydrogens (primary N) is 1. The fraction of sp³-hybridized carbons (Fsp3) is 0.154. The van der Waals surface area contributed by atoms with E-state index >= 15 is 0 Å². The molecule has 0 spiro atoms. The number of anilines is 2. The fourth-order valence-corrected chi connectivity index (χ4v) is 2.66. The van der Waals surface area contributed by atoms with Gasteiger partial charge in [0, 0.05) is 25.0 Å². The van der Waals surface area contributed by atoms with Crippen molar-refractivity contribution in [1.82, 2.24) is 19.9 Å². The van der Waals surface area contributed by atoms with Crippen molar-refractivity contribution < 1.29 is 0 Å². The molecule has 21 heavy (non-hydrogen) atoms. The number of para-hydroxylation sites is 1. The summed E-state index contributed by atoms with van der Waals surface area (Å²) in [5.41, 5.74) is 3.55. The SMILES string of the molecule is CN(C)c1nc(NN)nc(Sc2cc3ccccc3[nH]2)n1. The third kappa shape index (κ3) is 2.91. The second-order valence-electron chi connectivity index (χ2n) is 4.60. The summed E-state index contributed by atoms with van der Waals surface area (Å²) in [5.74, 6) is 6.30. The molecule has 3 rings (SSSR count). The fourth-order valence-electron chi connectivity index (χ4n) is 1.86. The molecule has 2 heterocycles. The maximum absolute atomic E-state index is 5.40. The molecule has 1 aromatic carbocycles. The molecule has 0 saturated heterocycles. The van der Waals surface area contributed by atoms with Gasteiger partial charge in [-0.2, -0.15) is 15.0 Å². The van der Waals surface area contributed by atoms with E-state index in [1.54, 1.807) is 4.90 Å². The number of hydrazine groups is 1. The number of hydrogen-bond donors (Lipinski definition) is 3. The standard InChI is InChI=1S/C13H15N7S/c1-20(2)12-16-11(19-14)17-13(18-12)21-10-7-8-5-3-4-6-9(8)15-10/h3-7,15H,14H2,1-2H3,(H,16,17,18,19). The van der Waals surface area contributed by atoms with Crippen LogP contribution in [0.5, 0.6) is 0 Å². The van der Waals surface area contributed by atoms with Crippen LogP contribution in [0.25, 0.3) is 10.9 Å². The molecule has 0 atom stereocenters. The number of nitrogens with zero attached hydrogens (tertiary/aromatic N) is 4. The zero-order valence-electron chi connectivity index (χ0n) is 11.7. The van der Waals surface area contributed by atoms with Crippen LogP contribution in [0.3, 0.4) is 0 Å². The van der Waals surface area contributed by atoms with E-state index in [0.717, 1.165) is 15.9 Å². The predicted octanol–water partition coefficient (Wildman–Crippen LogP) is 1.86. The van der Waals surface area contributed by atoms with Crippen molar-refractivity contribution in [2.75, 3.05) is 24.4 Å². The lowest BCUT2D eigenvalue weighted by Gasteiger charge is -2.11. The van der Waals surface area contributed by atoms with Gasteiger partial charge >= 0.3 is 0 Å². The number of nitrogen functional groups attached to an aromatic ring is 1. The van der Waals surface area contributed by atoms with E-state index in [4.69, 9.17) is 5.84 Å². The van der Waals surface area contributed by atoms with Crippen molar-refractivity contribution in [3.63, 3.8) is 0 Å². The quantitative estimate of drug-likeness (QED) is 0.500. The molecule has 0 unspecified atom stereocenters. The zero-order valence-corrected chi connectivity index (χ0v) is 12.5. The van der Waals surface area contributed by atoms with Crippen molar-refractivity contribution in [1.29, 1.82) is 0 Å². The highest BCUT2D eigenvalue weighted by molar-refractivity contribution is 7.99. The van der Waals surface area contributed by atoms with E-state index in [1.807, 2.05) is 32.3 Å². The highest BCUT2D eigenvalue weighted by Gasteiger charge is 2.10. The van der Waals surface area contributed by atoms with Gasteiger partial charge in [0.05, 0.1) is 5.03 Å². The minimum atomic E-state index is 0.340. The Bertz CT molecular complexity index is 735. The van der Waals surface area contributed by atoms with Crippen molar-refractivity contribution in [3.05, 3.63) is 30.3 Å². The van der Waals surface area contributed by atoms with Crippen LogP contribution < -0.4 is 16.2 Å². The van der Waals surface area contributed by atoms with E-state index in [0.29, 0.717) is 17.1 Å².